The van der Waals surface area contributed by atoms with Gasteiger partial charge in [0.25, 0.3) is 0 Å². The van der Waals surface area contributed by atoms with Crippen LogP contribution in [0, 0.1) is 0 Å². The lowest BCUT2D eigenvalue weighted by Crippen LogP contribution is -2.27. The summed E-state index contributed by atoms with van der Waals surface area (Å²) in [5.74, 6) is 1.36. The first kappa shape index (κ1) is 7.61. The summed E-state index contributed by atoms with van der Waals surface area (Å²) in [5.41, 5.74) is 11.1. The fourth-order valence-corrected chi connectivity index (χ4v) is 1.19. The topological polar surface area (TPSA) is 73.6 Å². The summed E-state index contributed by atoms with van der Waals surface area (Å²) < 4.78 is 5.56. The molecule has 4 N–H and O–H groups in total. The van der Waals surface area contributed by atoms with Crippen LogP contribution in [0.15, 0.2) is 16.8 Å². The summed E-state index contributed by atoms with van der Waals surface area (Å²) >= 11 is 0. The summed E-state index contributed by atoms with van der Waals surface area (Å²) in [5, 5.41) is 0. The third-order valence-electron chi connectivity index (χ3n) is 1.88. The molecule has 0 bridgehead atoms. The number of hydrogen-bond acceptors (Lipinski definition) is 4. The predicted molar refractivity (Wildman–Crippen MR) is 46.4 cm³/mol. The van der Waals surface area contributed by atoms with Gasteiger partial charge in [-0.25, -0.2) is 4.99 Å². The van der Waals surface area contributed by atoms with Crippen molar-refractivity contribution >= 4 is 5.84 Å². The van der Waals surface area contributed by atoms with E-state index >= 15 is 0 Å². The number of rotatable bonds is 2. The quantitative estimate of drug-likeness (QED) is 0.612. The second kappa shape index (κ2) is 2.79. The van der Waals surface area contributed by atoms with Crippen LogP contribution < -0.4 is 11.5 Å². The van der Waals surface area contributed by atoms with Crippen LogP contribution in [0.4, 0.5) is 0 Å². The highest BCUT2D eigenvalue weighted by atomic mass is 16.5. The van der Waals surface area contributed by atoms with Crippen molar-refractivity contribution in [3.8, 4) is 0 Å². The molecule has 1 heterocycles. The minimum Gasteiger partial charge on any atom is -0.495 e. The Labute approximate surface area is 71.3 Å². The third-order valence-corrected chi connectivity index (χ3v) is 1.88. The maximum atomic E-state index is 5.62. The molecule has 4 nitrogen and oxygen atoms in total. The molecule has 1 aliphatic heterocycles. The Morgan fingerprint density at radius 2 is 2.25 bits per heavy atom. The highest BCUT2D eigenvalue weighted by Gasteiger charge is 2.25. The van der Waals surface area contributed by atoms with Crippen LogP contribution >= 0.6 is 0 Å². The average molecular weight is 167 g/mol. The number of nitrogens with two attached hydrogens (primary N) is 2. The number of aliphatic imine (C=N–C) groups is 1. The molecule has 0 saturated heterocycles. The molecular formula is C8H13N3O. The van der Waals surface area contributed by atoms with Crippen molar-refractivity contribution in [2.75, 3.05) is 0 Å². The molecule has 4 heteroatoms. The van der Waals surface area contributed by atoms with Gasteiger partial charge in [0, 0.05) is 12.5 Å². The number of dihydropyridines is 1. The van der Waals surface area contributed by atoms with E-state index < -0.39 is 0 Å². The van der Waals surface area contributed by atoms with Gasteiger partial charge in [-0.15, -0.1) is 0 Å². The van der Waals surface area contributed by atoms with Crippen LogP contribution in [0.3, 0.4) is 0 Å². The maximum Gasteiger partial charge on any atom is 0.123 e. The van der Waals surface area contributed by atoms with Crippen LogP contribution in [-0.2, 0) is 4.74 Å². The van der Waals surface area contributed by atoms with Crippen molar-refractivity contribution in [3.63, 3.8) is 0 Å². The normalized spacial score (nSPS) is 29.2. The molecule has 0 aromatic carbocycles. The maximum absolute atomic E-state index is 5.62. The van der Waals surface area contributed by atoms with E-state index in [1.54, 1.807) is 6.08 Å². The zero-order valence-corrected chi connectivity index (χ0v) is 6.86. The predicted octanol–water partition coefficient (Wildman–Crippen LogP) is 0.0950. The molecule has 1 unspecified atom stereocenters. The lowest BCUT2D eigenvalue weighted by atomic mass is 10.2. The lowest BCUT2D eigenvalue weighted by Gasteiger charge is -2.16. The number of amidine groups is 1. The van der Waals surface area contributed by atoms with Gasteiger partial charge in [0.2, 0.25) is 0 Å². The first-order valence-corrected chi connectivity index (χ1v) is 4.20. The van der Waals surface area contributed by atoms with Crippen LogP contribution in [0.1, 0.15) is 19.3 Å². The molecule has 1 aliphatic carbocycles. The first-order valence-electron chi connectivity index (χ1n) is 4.20. The third kappa shape index (κ3) is 1.76. The average Bonchev–Trinajstić information content (AvgIpc) is 2.68. The lowest BCUT2D eigenvalue weighted by molar-refractivity contribution is 0.183. The van der Waals surface area contributed by atoms with E-state index in [9.17, 15) is 0 Å². The van der Waals surface area contributed by atoms with Crippen LogP contribution in [0.5, 0.6) is 0 Å². The molecule has 0 amide bonds. The smallest absolute Gasteiger partial charge is 0.123 e. The van der Waals surface area contributed by atoms with Gasteiger partial charge in [-0.3, -0.25) is 0 Å². The van der Waals surface area contributed by atoms with E-state index in [1.165, 1.54) is 0 Å². The minimum atomic E-state index is -0.219. The molecule has 0 aromatic rings. The van der Waals surface area contributed by atoms with Crippen molar-refractivity contribution in [2.45, 2.75) is 31.5 Å². The van der Waals surface area contributed by atoms with Gasteiger partial charge in [0.15, 0.2) is 0 Å². The molecule has 1 fully saturated rings. The van der Waals surface area contributed by atoms with E-state index in [2.05, 4.69) is 4.99 Å². The molecule has 66 valence electrons. The standard InChI is InChI=1S/C8H13N3O/c9-7-3-6(4-8(10)11-7)12-5-1-2-5/h3,5,8H,1-2,4,10H2,(H2,9,11). The Morgan fingerprint density at radius 3 is 2.83 bits per heavy atom. The molecule has 0 radical (unpaired) electrons. The number of nitrogens with zero attached hydrogens (tertiary/aromatic N) is 1. The molecule has 1 saturated carbocycles. The van der Waals surface area contributed by atoms with Gasteiger partial charge in [-0.1, -0.05) is 0 Å². The molecule has 1 atom stereocenters. The van der Waals surface area contributed by atoms with Crippen LogP contribution in [0.2, 0.25) is 0 Å². The highest BCUT2D eigenvalue weighted by molar-refractivity contribution is 5.92. The van der Waals surface area contributed by atoms with Crippen LogP contribution in [0.25, 0.3) is 0 Å². The van der Waals surface area contributed by atoms with Gasteiger partial charge in [0.1, 0.15) is 17.8 Å². The number of hydrogen-bond donors (Lipinski definition) is 2. The molecule has 12 heavy (non-hydrogen) atoms. The molecule has 0 spiro atoms. The minimum absolute atomic E-state index is 0.219. The van der Waals surface area contributed by atoms with Gasteiger partial charge >= 0.3 is 0 Å². The molecule has 2 aliphatic rings. The van der Waals surface area contributed by atoms with Crippen molar-refractivity contribution in [2.24, 2.45) is 16.5 Å². The van der Waals surface area contributed by atoms with E-state index in [0.29, 0.717) is 18.4 Å². The Balaban J connectivity index is 1.99. The van der Waals surface area contributed by atoms with Gasteiger partial charge < -0.3 is 16.2 Å². The Hall–Kier alpha value is -1.03. The first-order chi connectivity index (χ1) is 5.74. The fraction of sp³-hybridized carbons (Fsp3) is 0.625. The summed E-state index contributed by atoms with van der Waals surface area (Å²) in [6, 6.07) is 0. The fourth-order valence-electron chi connectivity index (χ4n) is 1.19. The zero-order valence-electron chi connectivity index (χ0n) is 6.86. The number of ether oxygens (including phenoxy) is 1. The van der Waals surface area contributed by atoms with E-state index in [1.807, 2.05) is 0 Å². The van der Waals surface area contributed by atoms with Crippen LogP contribution in [-0.4, -0.2) is 18.1 Å². The van der Waals surface area contributed by atoms with E-state index in [0.717, 1.165) is 18.6 Å². The summed E-state index contributed by atoms with van der Waals surface area (Å²) in [4.78, 5) is 3.98. The summed E-state index contributed by atoms with van der Waals surface area (Å²) in [6.07, 6.45) is 4.95. The van der Waals surface area contributed by atoms with E-state index in [4.69, 9.17) is 16.2 Å². The molecule has 0 aromatic heterocycles. The largest absolute Gasteiger partial charge is 0.495 e. The SMILES string of the molecule is NC1=NC(N)CC(OC2CC2)=C1. The highest BCUT2D eigenvalue weighted by Crippen LogP contribution is 2.28. The monoisotopic (exact) mass is 167 g/mol. The van der Waals surface area contributed by atoms with Gasteiger partial charge in [-0.05, 0) is 12.8 Å². The molecular weight excluding hydrogens is 154 g/mol. The van der Waals surface area contributed by atoms with E-state index in [-0.39, 0.29) is 6.17 Å². The second-order valence-electron chi connectivity index (χ2n) is 3.25. The summed E-state index contributed by atoms with van der Waals surface area (Å²) in [7, 11) is 0. The Morgan fingerprint density at radius 1 is 1.50 bits per heavy atom. The van der Waals surface area contributed by atoms with Gasteiger partial charge in [-0.2, -0.15) is 0 Å². The van der Waals surface area contributed by atoms with Crippen molar-refractivity contribution in [3.05, 3.63) is 11.8 Å². The Bertz CT molecular complexity index is 243. The zero-order chi connectivity index (χ0) is 8.55. The molecule has 2 rings (SSSR count). The summed E-state index contributed by atoms with van der Waals surface area (Å²) in [6.45, 7) is 0. The van der Waals surface area contributed by atoms with Crippen molar-refractivity contribution in [1.29, 1.82) is 0 Å². The van der Waals surface area contributed by atoms with Crippen molar-refractivity contribution in [1.82, 2.24) is 0 Å². The van der Waals surface area contributed by atoms with Gasteiger partial charge in [0.05, 0.1) is 6.10 Å². The van der Waals surface area contributed by atoms with Crippen molar-refractivity contribution < 1.29 is 4.74 Å². The second-order valence-corrected chi connectivity index (χ2v) is 3.25. The Kier molecular flexibility index (Phi) is 1.77.